The lowest BCUT2D eigenvalue weighted by Crippen LogP contribution is -2.53. The molecule has 1 saturated heterocycles. The van der Waals surface area contributed by atoms with Crippen LogP contribution in [0, 0.1) is 0 Å². The second-order valence-electron chi connectivity index (χ2n) is 14.2. The predicted octanol–water partition coefficient (Wildman–Crippen LogP) is 4.34. The van der Waals surface area contributed by atoms with Gasteiger partial charge in [-0.05, 0) is 87.0 Å². The summed E-state index contributed by atoms with van der Waals surface area (Å²) in [5, 5.41) is 15.0. The minimum absolute atomic E-state index is 0.0981. The maximum Gasteiger partial charge on any atom is 0.412 e. The number of carbonyl (C=O) groups is 4. The zero-order valence-electron chi connectivity index (χ0n) is 32.9. The fourth-order valence-corrected chi connectivity index (χ4v) is 7.66. The average Bonchev–Trinajstić information content (AvgIpc) is 3.53. The number of carboxylic acids is 1. The molecule has 298 valence electrons. The number of fused-ring (bicyclic) bond motifs is 4. The molecule has 3 aromatic carbocycles. The Kier molecular flexibility index (Phi) is 15.4. The molecule has 3 aromatic rings. The number of likely N-dealkylation sites (tertiary alicyclic amines) is 1. The van der Waals surface area contributed by atoms with Crippen molar-refractivity contribution < 1.29 is 38.0 Å². The van der Waals surface area contributed by atoms with Crippen molar-refractivity contribution in [3.05, 3.63) is 89.5 Å². The number of amides is 2. The summed E-state index contributed by atoms with van der Waals surface area (Å²) < 4.78 is 20.1. The second-order valence-corrected chi connectivity index (χ2v) is 15.7. The number of anilines is 2. The van der Waals surface area contributed by atoms with Crippen molar-refractivity contribution in [1.29, 1.82) is 0 Å². The lowest BCUT2D eigenvalue weighted by molar-refractivity contribution is -0.146. The van der Waals surface area contributed by atoms with Crippen LogP contribution < -0.4 is 25.2 Å². The average molecular weight is 778 g/mol. The van der Waals surface area contributed by atoms with Gasteiger partial charge in [-0.1, -0.05) is 55.5 Å². The van der Waals surface area contributed by atoms with E-state index in [1.165, 1.54) is 16.2 Å². The van der Waals surface area contributed by atoms with Gasteiger partial charge in [-0.15, -0.1) is 0 Å². The van der Waals surface area contributed by atoms with Crippen molar-refractivity contribution in [3.63, 3.8) is 0 Å². The van der Waals surface area contributed by atoms with Crippen molar-refractivity contribution >= 4 is 46.1 Å². The van der Waals surface area contributed by atoms with Crippen LogP contribution in [0.4, 0.5) is 16.2 Å². The molecule has 6 rings (SSSR count). The van der Waals surface area contributed by atoms with Crippen LogP contribution in [0.2, 0.25) is 0 Å². The van der Waals surface area contributed by atoms with E-state index in [1.54, 1.807) is 38.6 Å². The number of ether oxygens (including phenoxy) is 2. The fourth-order valence-electron chi connectivity index (χ4n) is 7.66. The standard InChI is InChI=1S/C24H28N2O5.C15H21N3O2.C2H6OS/c1-2-31-24(30)20(14-12-17-8-4-3-5-9-17)25-19-15-13-18-10-6-7-11-21(18)26(23(19)29)16-22(27)28;1-15-7-8-17(3)13(15)18(4)12-6-5-10(9-11(12)15)20-14(19)16-2;1-4(2)3/h3-11,19-20,25H,2,12-16H2,1H3,(H,27,28);5-6,9,13H,7-8H2,1-4H3,(H,16,19);1-2H3/t19-,20-;13-,15+;/m01./s1. The number of rotatable bonds is 10. The van der Waals surface area contributed by atoms with Crippen LogP contribution in [0.5, 0.6) is 5.75 Å². The third-order valence-corrected chi connectivity index (χ3v) is 10.1. The van der Waals surface area contributed by atoms with Crippen LogP contribution in [0.25, 0.3) is 0 Å². The monoisotopic (exact) mass is 777 g/mol. The van der Waals surface area contributed by atoms with Gasteiger partial charge in [0.1, 0.15) is 18.3 Å². The van der Waals surface area contributed by atoms with Gasteiger partial charge in [0.2, 0.25) is 5.91 Å². The van der Waals surface area contributed by atoms with E-state index >= 15 is 0 Å². The molecule has 13 nitrogen and oxygen atoms in total. The molecule has 3 aliphatic heterocycles. The number of nitrogens with zero attached hydrogens (tertiary/aromatic N) is 3. The van der Waals surface area contributed by atoms with Gasteiger partial charge in [0.15, 0.2) is 0 Å². The van der Waals surface area contributed by atoms with E-state index in [4.69, 9.17) is 9.47 Å². The first-order valence-corrected chi connectivity index (χ1v) is 20.5. The number of esters is 1. The van der Waals surface area contributed by atoms with Gasteiger partial charge in [0.25, 0.3) is 0 Å². The number of benzene rings is 3. The lowest BCUT2D eigenvalue weighted by Gasteiger charge is -2.32. The van der Waals surface area contributed by atoms with Crippen molar-refractivity contribution in [3.8, 4) is 5.75 Å². The Morgan fingerprint density at radius 1 is 1.02 bits per heavy atom. The van der Waals surface area contributed by atoms with E-state index in [9.17, 15) is 28.5 Å². The Morgan fingerprint density at radius 3 is 2.35 bits per heavy atom. The molecular formula is C41H55N5O8S. The summed E-state index contributed by atoms with van der Waals surface area (Å²) >= 11 is 0. The van der Waals surface area contributed by atoms with Crippen LogP contribution in [0.3, 0.4) is 0 Å². The zero-order valence-corrected chi connectivity index (χ0v) is 33.7. The van der Waals surface area contributed by atoms with Crippen LogP contribution in [0.1, 0.15) is 49.8 Å². The maximum atomic E-state index is 13.3. The molecule has 0 bridgehead atoms. The van der Waals surface area contributed by atoms with E-state index in [2.05, 4.69) is 41.5 Å². The summed E-state index contributed by atoms with van der Waals surface area (Å²) in [4.78, 5) is 54.7. The summed E-state index contributed by atoms with van der Waals surface area (Å²) in [7, 11) is 5.25. The highest BCUT2D eigenvalue weighted by Crippen LogP contribution is 2.51. The summed E-state index contributed by atoms with van der Waals surface area (Å²) in [5.41, 5.74) is 5.21. The molecule has 3 aliphatic rings. The quantitative estimate of drug-likeness (QED) is 0.252. The molecule has 14 heteroatoms. The Hall–Kier alpha value is -4.79. The van der Waals surface area contributed by atoms with E-state index in [0.717, 1.165) is 24.1 Å². The first kappa shape index (κ1) is 42.9. The molecule has 3 heterocycles. The van der Waals surface area contributed by atoms with E-state index in [1.807, 2.05) is 60.7 Å². The third kappa shape index (κ3) is 10.9. The highest BCUT2D eigenvalue weighted by atomic mass is 32.2. The lowest BCUT2D eigenvalue weighted by atomic mass is 9.81. The highest BCUT2D eigenvalue weighted by molar-refractivity contribution is 7.83. The van der Waals surface area contributed by atoms with Crippen molar-refractivity contribution in [2.24, 2.45) is 0 Å². The number of aliphatic carboxylic acids is 1. The van der Waals surface area contributed by atoms with Gasteiger partial charge in [-0.3, -0.25) is 33.7 Å². The van der Waals surface area contributed by atoms with E-state index in [0.29, 0.717) is 43.3 Å². The summed E-state index contributed by atoms with van der Waals surface area (Å²) in [6.45, 7) is 4.95. The first-order valence-electron chi connectivity index (χ1n) is 18.5. The fraction of sp³-hybridized carbons (Fsp3) is 0.463. The zero-order chi connectivity index (χ0) is 40.3. The van der Waals surface area contributed by atoms with Crippen LogP contribution in [-0.4, -0.2) is 110 Å². The topological polar surface area (TPSA) is 158 Å². The Labute approximate surface area is 326 Å². The molecule has 0 aromatic heterocycles. The predicted molar refractivity (Wildman–Crippen MR) is 215 cm³/mol. The molecule has 0 spiro atoms. The number of carboxylic acid groups (broad SMARTS) is 1. The number of para-hydroxylation sites is 1. The van der Waals surface area contributed by atoms with E-state index < -0.39 is 47.5 Å². The first-order chi connectivity index (χ1) is 26.2. The highest BCUT2D eigenvalue weighted by Gasteiger charge is 2.52. The molecule has 0 unspecified atom stereocenters. The number of hydrogen-bond donors (Lipinski definition) is 3. The number of carbonyl (C=O) groups excluding carboxylic acids is 3. The minimum atomic E-state index is -1.09. The smallest absolute Gasteiger partial charge is 0.412 e. The number of aryl methyl sites for hydroxylation is 2. The Balaban J connectivity index is 0.000000239. The third-order valence-electron chi connectivity index (χ3n) is 10.1. The SMILES string of the molecule is CCOC(=O)[C@H](CCc1ccccc1)N[C@H]1CCc2ccccc2N(CC(=O)O)C1=O.CNC(=O)Oc1ccc2c(c1)[C@]1(C)CCN(C)[C@@H]1N2C.CS(C)=O. The van der Waals surface area contributed by atoms with Crippen molar-refractivity contribution in [2.45, 2.75) is 69.6 Å². The van der Waals surface area contributed by atoms with Gasteiger partial charge in [0.05, 0.1) is 18.8 Å². The van der Waals surface area contributed by atoms with Crippen molar-refractivity contribution in [1.82, 2.24) is 15.5 Å². The van der Waals surface area contributed by atoms with Gasteiger partial charge in [0, 0.05) is 60.7 Å². The minimum Gasteiger partial charge on any atom is -0.480 e. The molecule has 0 saturated carbocycles. The summed E-state index contributed by atoms with van der Waals surface area (Å²) in [5.74, 6) is -1.23. The van der Waals surface area contributed by atoms with Crippen molar-refractivity contribution in [2.75, 3.05) is 63.2 Å². The molecule has 1 fully saturated rings. The molecular weight excluding hydrogens is 723 g/mol. The maximum absolute atomic E-state index is 13.3. The molecule has 55 heavy (non-hydrogen) atoms. The van der Waals surface area contributed by atoms with Crippen LogP contribution in [-0.2, 0) is 48.2 Å². The summed E-state index contributed by atoms with van der Waals surface area (Å²) in [6, 6.07) is 21.7. The number of likely N-dealkylation sites (N-methyl/N-ethyl adjacent to an activating group) is 2. The van der Waals surface area contributed by atoms with Gasteiger partial charge >= 0.3 is 18.0 Å². The Morgan fingerprint density at radius 2 is 1.69 bits per heavy atom. The number of hydrogen-bond acceptors (Lipinski definition) is 10. The largest absolute Gasteiger partial charge is 0.480 e. The molecule has 2 amide bonds. The normalized spacial score (nSPS) is 20.4. The van der Waals surface area contributed by atoms with Gasteiger partial charge in [-0.25, -0.2) is 4.79 Å². The summed E-state index contributed by atoms with van der Waals surface area (Å²) in [6.07, 6.45) is 6.54. The van der Waals surface area contributed by atoms with Gasteiger partial charge < -0.3 is 24.8 Å². The van der Waals surface area contributed by atoms with Crippen LogP contribution >= 0.6 is 0 Å². The van der Waals surface area contributed by atoms with E-state index in [-0.39, 0.29) is 17.9 Å². The molecule has 0 radical (unpaired) electrons. The Bertz CT molecular complexity index is 1820. The number of nitrogens with one attached hydrogen (secondary N) is 2. The molecule has 4 atom stereocenters. The molecule has 3 N–H and O–H groups in total. The second kappa shape index (κ2) is 19.7. The van der Waals surface area contributed by atoms with Gasteiger partial charge in [-0.2, -0.15) is 0 Å². The molecule has 0 aliphatic carbocycles. The van der Waals surface area contributed by atoms with Crippen LogP contribution in [0.15, 0.2) is 72.8 Å².